The van der Waals surface area contributed by atoms with Crippen molar-refractivity contribution in [2.24, 2.45) is 0 Å². The maximum absolute atomic E-state index is 9.02. The van der Waals surface area contributed by atoms with Gasteiger partial charge in [0.25, 0.3) is 0 Å². The number of hydrogen-bond donors (Lipinski definition) is 1. The van der Waals surface area contributed by atoms with Gasteiger partial charge in [-0.05, 0) is 29.8 Å². The number of nitrogens with zero attached hydrogens (tertiary/aromatic N) is 3. The first-order chi connectivity index (χ1) is 11.2. The van der Waals surface area contributed by atoms with Crippen LogP contribution in [0.1, 0.15) is 12.6 Å². The molecule has 2 aromatic carbocycles. The van der Waals surface area contributed by atoms with Crippen LogP contribution in [0.25, 0.3) is 27.9 Å². The van der Waals surface area contributed by atoms with E-state index in [4.69, 9.17) is 10.7 Å². The third-order valence-electron chi connectivity index (χ3n) is 3.78. The molecule has 3 rings (SSSR count). The normalized spacial score (nSPS) is 11.4. The first kappa shape index (κ1) is 14.7. The monoisotopic (exact) mass is 300 g/mol. The van der Waals surface area contributed by atoms with Gasteiger partial charge in [-0.2, -0.15) is 5.26 Å². The van der Waals surface area contributed by atoms with E-state index in [0.717, 1.165) is 28.2 Å². The molecule has 0 aliphatic carbocycles. The number of allylic oxidation sites excluding steroid dienone is 2. The molecular weight excluding hydrogens is 284 g/mol. The molecule has 4 heteroatoms. The Morgan fingerprint density at radius 3 is 2.78 bits per heavy atom. The minimum atomic E-state index is 0.282. The third-order valence-corrected chi connectivity index (χ3v) is 3.78. The summed E-state index contributed by atoms with van der Waals surface area (Å²) in [6.45, 7) is 1.91. The number of nitrogens with one attached hydrogen (secondary N) is 1. The summed E-state index contributed by atoms with van der Waals surface area (Å²) in [6.07, 6.45) is 4.96. The van der Waals surface area contributed by atoms with Crippen molar-refractivity contribution >= 4 is 22.7 Å². The molecule has 0 unspecified atom stereocenters. The number of imidazole rings is 1. The molecule has 0 fully saturated rings. The van der Waals surface area contributed by atoms with E-state index in [2.05, 4.69) is 35.3 Å². The summed E-state index contributed by atoms with van der Waals surface area (Å²) in [5, 5.41) is 18.6. The first-order valence-electron chi connectivity index (χ1n) is 7.35. The second-order valence-electron chi connectivity index (χ2n) is 5.28. The Labute approximate surface area is 134 Å². The zero-order chi connectivity index (χ0) is 16.2. The average molecular weight is 300 g/mol. The smallest absolute Gasteiger partial charge is 0.144 e. The van der Waals surface area contributed by atoms with Gasteiger partial charge in [0, 0.05) is 17.5 Å². The van der Waals surface area contributed by atoms with Gasteiger partial charge in [-0.1, -0.05) is 36.4 Å². The Balaban J connectivity index is 2.19. The summed E-state index contributed by atoms with van der Waals surface area (Å²) in [7, 11) is 0. The first-order valence-corrected chi connectivity index (χ1v) is 7.35. The van der Waals surface area contributed by atoms with Crippen LogP contribution in [0.4, 0.5) is 0 Å². The van der Waals surface area contributed by atoms with Crippen molar-refractivity contribution in [3.8, 4) is 17.5 Å². The van der Waals surface area contributed by atoms with E-state index in [1.807, 2.05) is 29.7 Å². The highest BCUT2D eigenvalue weighted by Crippen LogP contribution is 2.27. The SMILES string of the molecule is C/C(=C\C=N)n1c(CC#N)cnc1-c1ccc2ccccc2c1. The standard InChI is InChI=1S/C19H16N4/c1-14(8-10-20)23-18(9-11-21)13-22-19(23)17-7-6-15-4-2-3-5-16(15)12-17/h2-8,10,12-13,20H,9H2,1H3/b14-8+,20-10?. The minimum Gasteiger partial charge on any atom is -0.309 e. The van der Waals surface area contributed by atoms with Crippen LogP contribution in [0.5, 0.6) is 0 Å². The van der Waals surface area contributed by atoms with Crippen LogP contribution in [0, 0.1) is 16.7 Å². The molecule has 23 heavy (non-hydrogen) atoms. The Bertz CT molecular complexity index is 941. The van der Waals surface area contributed by atoms with E-state index < -0.39 is 0 Å². The summed E-state index contributed by atoms with van der Waals surface area (Å²) < 4.78 is 1.94. The molecule has 4 nitrogen and oxygen atoms in total. The van der Waals surface area contributed by atoms with Gasteiger partial charge in [0.15, 0.2) is 0 Å². The Hall–Kier alpha value is -3.19. The van der Waals surface area contributed by atoms with Crippen molar-refractivity contribution in [2.75, 3.05) is 0 Å². The maximum atomic E-state index is 9.02. The summed E-state index contributed by atoms with van der Waals surface area (Å²) in [5.74, 6) is 0.789. The topological polar surface area (TPSA) is 65.5 Å². The van der Waals surface area contributed by atoms with E-state index in [1.54, 1.807) is 12.3 Å². The fourth-order valence-electron chi connectivity index (χ4n) is 2.71. The third kappa shape index (κ3) is 2.77. The summed E-state index contributed by atoms with van der Waals surface area (Å²) in [6, 6.07) is 16.6. The largest absolute Gasteiger partial charge is 0.309 e. The number of nitriles is 1. The summed E-state index contributed by atoms with van der Waals surface area (Å²) in [4.78, 5) is 4.51. The fraction of sp³-hybridized carbons (Fsp3) is 0.105. The molecule has 0 saturated heterocycles. The molecule has 0 radical (unpaired) electrons. The van der Waals surface area contributed by atoms with E-state index in [-0.39, 0.29) is 6.42 Å². The number of fused-ring (bicyclic) bond motifs is 1. The fourth-order valence-corrected chi connectivity index (χ4v) is 2.71. The molecule has 0 saturated carbocycles. The molecular formula is C19H16N4. The highest BCUT2D eigenvalue weighted by Gasteiger charge is 2.13. The predicted octanol–water partition coefficient (Wildman–Crippen LogP) is 4.28. The zero-order valence-electron chi connectivity index (χ0n) is 12.8. The van der Waals surface area contributed by atoms with Crippen molar-refractivity contribution in [3.05, 3.63) is 60.4 Å². The lowest BCUT2D eigenvalue weighted by Crippen LogP contribution is -2.02. The lowest BCUT2D eigenvalue weighted by atomic mass is 10.1. The molecule has 0 aliphatic rings. The van der Waals surface area contributed by atoms with Gasteiger partial charge >= 0.3 is 0 Å². The van der Waals surface area contributed by atoms with Crippen molar-refractivity contribution in [2.45, 2.75) is 13.3 Å². The zero-order valence-corrected chi connectivity index (χ0v) is 12.8. The maximum Gasteiger partial charge on any atom is 0.144 e. The van der Waals surface area contributed by atoms with Crippen LogP contribution in [0.15, 0.2) is 54.7 Å². The minimum absolute atomic E-state index is 0.282. The molecule has 112 valence electrons. The van der Waals surface area contributed by atoms with Gasteiger partial charge in [0.2, 0.25) is 0 Å². The van der Waals surface area contributed by atoms with Gasteiger partial charge < -0.3 is 5.41 Å². The van der Waals surface area contributed by atoms with E-state index in [0.29, 0.717) is 0 Å². The van der Waals surface area contributed by atoms with E-state index in [1.165, 1.54) is 11.6 Å². The lowest BCUT2D eigenvalue weighted by Gasteiger charge is -2.11. The molecule has 1 N–H and O–H groups in total. The van der Waals surface area contributed by atoms with Crippen LogP contribution in [-0.2, 0) is 6.42 Å². The molecule has 1 aromatic heterocycles. The quantitative estimate of drug-likeness (QED) is 0.731. The van der Waals surface area contributed by atoms with Crippen LogP contribution in [-0.4, -0.2) is 15.8 Å². The Morgan fingerprint density at radius 2 is 2.04 bits per heavy atom. The molecule has 0 atom stereocenters. The number of hydrogen-bond acceptors (Lipinski definition) is 3. The van der Waals surface area contributed by atoms with E-state index in [9.17, 15) is 0 Å². The molecule has 3 aromatic rings. The van der Waals surface area contributed by atoms with Crippen LogP contribution in [0.2, 0.25) is 0 Å². The highest BCUT2D eigenvalue weighted by atomic mass is 15.1. The second kappa shape index (κ2) is 6.29. The Morgan fingerprint density at radius 1 is 1.26 bits per heavy atom. The number of rotatable bonds is 4. The van der Waals surface area contributed by atoms with Crippen LogP contribution >= 0.6 is 0 Å². The predicted molar refractivity (Wildman–Crippen MR) is 93.2 cm³/mol. The van der Waals surface area contributed by atoms with Crippen LogP contribution < -0.4 is 0 Å². The van der Waals surface area contributed by atoms with Gasteiger partial charge in [-0.25, -0.2) is 4.98 Å². The molecule has 0 aliphatic heterocycles. The van der Waals surface area contributed by atoms with Gasteiger partial charge in [0.05, 0.1) is 24.4 Å². The lowest BCUT2D eigenvalue weighted by molar-refractivity contribution is 0.996. The van der Waals surface area contributed by atoms with Crippen molar-refractivity contribution in [1.82, 2.24) is 9.55 Å². The number of benzene rings is 2. The second-order valence-corrected chi connectivity index (χ2v) is 5.28. The summed E-state index contributed by atoms with van der Waals surface area (Å²) in [5.41, 5.74) is 2.68. The van der Waals surface area contributed by atoms with Gasteiger partial charge in [0.1, 0.15) is 5.82 Å². The highest BCUT2D eigenvalue weighted by molar-refractivity contribution is 5.87. The van der Waals surface area contributed by atoms with Crippen molar-refractivity contribution in [1.29, 1.82) is 10.7 Å². The molecule has 0 amide bonds. The molecule has 0 spiro atoms. The summed E-state index contributed by atoms with van der Waals surface area (Å²) >= 11 is 0. The van der Waals surface area contributed by atoms with E-state index >= 15 is 0 Å². The Kier molecular flexibility index (Phi) is 4.03. The van der Waals surface area contributed by atoms with Crippen LogP contribution in [0.3, 0.4) is 0 Å². The molecule has 0 bridgehead atoms. The molecule has 1 heterocycles. The van der Waals surface area contributed by atoms with Gasteiger partial charge in [-0.15, -0.1) is 0 Å². The number of aromatic nitrogens is 2. The average Bonchev–Trinajstić information content (AvgIpc) is 2.99. The van der Waals surface area contributed by atoms with Crippen molar-refractivity contribution < 1.29 is 0 Å². The van der Waals surface area contributed by atoms with Gasteiger partial charge in [-0.3, -0.25) is 4.57 Å². The van der Waals surface area contributed by atoms with Crippen molar-refractivity contribution in [3.63, 3.8) is 0 Å².